The molecule has 0 saturated heterocycles. The van der Waals surface area contributed by atoms with Gasteiger partial charge in [-0.2, -0.15) is 5.10 Å². The van der Waals surface area contributed by atoms with Crippen molar-refractivity contribution in [2.24, 2.45) is 5.10 Å². The van der Waals surface area contributed by atoms with Gasteiger partial charge in [0.1, 0.15) is 0 Å². The summed E-state index contributed by atoms with van der Waals surface area (Å²) in [7, 11) is 1.44. The summed E-state index contributed by atoms with van der Waals surface area (Å²) in [6, 6.07) is 16.3. The quantitative estimate of drug-likeness (QED) is 0.332. The lowest BCUT2D eigenvalue weighted by Crippen LogP contribution is -2.18. The number of rotatable bonds is 6. The molecule has 0 fully saturated rings. The minimum Gasteiger partial charge on any atom is -0.503 e. The normalized spacial score (nSPS) is 10.7. The van der Waals surface area contributed by atoms with Crippen molar-refractivity contribution < 1.29 is 19.4 Å². The fraction of sp³-hybridized carbons (Fsp3) is 0.0455. The zero-order valence-corrected chi connectivity index (χ0v) is 18.6. The van der Waals surface area contributed by atoms with E-state index in [0.717, 1.165) is 0 Å². The maximum Gasteiger partial charge on any atom is 0.271 e. The number of hydrazone groups is 1. The molecule has 7 nitrogen and oxygen atoms in total. The van der Waals surface area contributed by atoms with Crippen LogP contribution in [0.1, 0.15) is 26.3 Å². The third-order valence-electron chi connectivity index (χ3n) is 4.17. The molecule has 0 aromatic heterocycles. The van der Waals surface area contributed by atoms with Gasteiger partial charge in [0, 0.05) is 11.3 Å². The zero-order valence-electron chi connectivity index (χ0n) is 16.2. The lowest BCUT2D eigenvalue weighted by Gasteiger charge is -2.07. The maximum absolute atomic E-state index is 12.3. The molecular formula is C22H17BrClN3O4. The van der Waals surface area contributed by atoms with Gasteiger partial charge in [0.05, 0.1) is 28.4 Å². The molecular weight excluding hydrogens is 486 g/mol. The number of ether oxygens (including phenoxy) is 1. The third-order valence-corrected chi connectivity index (χ3v) is 5.11. The Hall–Kier alpha value is -3.36. The number of benzene rings is 3. The van der Waals surface area contributed by atoms with Crippen LogP contribution in [0.3, 0.4) is 0 Å². The molecule has 3 N–H and O–H groups in total. The Kier molecular flexibility index (Phi) is 7.28. The molecule has 0 saturated carbocycles. The number of halogens is 2. The van der Waals surface area contributed by atoms with Crippen LogP contribution in [0.4, 0.5) is 5.69 Å². The van der Waals surface area contributed by atoms with E-state index in [1.807, 2.05) is 0 Å². The first-order valence-electron chi connectivity index (χ1n) is 8.95. The van der Waals surface area contributed by atoms with Crippen LogP contribution in [-0.2, 0) is 0 Å². The standard InChI is InChI=1S/C22H17BrClN3O4/c1-31-19-11-13(10-17(23)20(19)28)12-25-27-21(29)14-6-8-15(9-7-14)26-22(30)16-4-2-3-5-18(16)24/h2-12,28H,1H3,(H,26,30)(H,27,29)/b25-12-. The molecule has 0 aliphatic rings. The van der Waals surface area contributed by atoms with Crippen molar-refractivity contribution in [1.29, 1.82) is 0 Å². The molecule has 0 aliphatic heterocycles. The Bertz CT molecular complexity index is 1150. The average molecular weight is 503 g/mol. The topological polar surface area (TPSA) is 100 Å². The van der Waals surface area contributed by atoms with Crippen LogP contribution in [0.2, 0.25) is 5.02 Å². The highest BCUT2D eigenvalue weighted by Crippen LogP contribution is 2.34. The Morgan fingerprint density at radius 2 is 1.81 bits per heavy atom. The highest BCUT2D eigenvalue weighted by atomic mass is 79.9. The number of nitrogens with zero attached hydrogens (tertiary/aromatic N) is 1. The first-order chi connectivity index (χ1) is 14.9. The number of amides is 2. The molecule has 9 heteroatoms. The summed E-state index contributed by atoms with van der Waals surface area (Å²) >= 11 is 9.25. The minimum absolute atomic E-state index is 0.0228. The number of hydrogen-bond donors (Lipinski definition) is 3. The average Bonchev–Trinajstić information content (AvgIpc) is 2.76. The van der Waals surface area contributed by atoms with E-state index in [4.69, 9.17) is 16.3 Å². The first-order valence-corrected chi connectivity index (χ1v) is 10.1. The second-order valence-corrected chi connectivity index (χ2v) is 7.53. The monoisotopic (exact) mass is 501 g/mol. The van der Waals surface area contributed by atoms with Crippen LogP contribution in [0.5, 0.6) is 11.5 Å². The highest BCUT2D eigenvalue weighted by Gasteiger charge is 2.11. The third kappa shape index (κ3) is 5.62. The van der Waals surface area contributed by atoms with Gasteiger partial charge in [0.2, 0.25) is 0 Å². The van der Waals surface area contributed by atoms with Gasteiger partial charge < -0.3 is 15.2 Å². The molecule has 31 heavy (non-hydrogen) atoms. The number of carbonyl (C=O) groups is 2. The molecule has 0 atom stereocenters. The summed E-state index contributed by atoms with van der Waals surface area (Å²) in [6.45, 7) is 0. The van der Waals surface area contributed by atoms with Crippen LogP contribution in [0.25, 0.3) is 0 Å². The van der Waals surface area contributed by atoms with E-state index >= 15 is 0 Å². The van der Waals surface area contributed by atoms with E-state index in [1.54, 1.807) is 60.7 Å². The molecule has 0 radical (unpaired) electrons. The zero-order chi connectivity index (χ0) is 22.4. The Balaban J connectivity index is 1.62. The summed E-state index contributed by atoms with van der Waals surface area (Å²) in [4.78, 5) is 24.6. The van der Waals surface area contributed by atoms with Gasteiger partial charge in [0.25, 0.3) is 11.8 Å². The van der Waals surface area contributed by atoms with Crippen molar-refractivity contribution in [2.45, 2.75) is 0 Å². The van der Waals surface area contributed by atoms with Crippen molar-refractivity contribution in [3.05, 3.63) is 86.8 Å². The predicted molar refractivity (Wildman–Crippen MR) is 123 cm³/mol. The van der Waals surface area contributed by atoms with E-state index in [9.17, 15) is 14.7 Å². The van der Waals surface area contributed by atoms with Gasteiger partial charge in [-0.25, -0.2) is 5.43 Å². The lowest BCUT2D eigenvalue weighted by molar-refractivity contribution is 0.0954. The summed E-state index contributed by atoms with van der Waals surface area (Å²) in [5.74, 6) is -0.519. The summed E-state index contributed by atoms with van der Waals surface area (Å²) in [5.41, 5.74) is 4.27. The van der Waals surface area contributed by atoms with Crippen molar-refractivity contribution in [1.82, 2.24) is 5.43 Å². The number of phenols is 1. The van der Waals surface area contributed by atoms with Crippen molar-refractivity contribution in [3.63, 3.8) is 0 Å². The maximum atomic E-state index is 12.3. The van der Waals surface area contributed by atoms with E-state index in [2.05, 4.69) is 31.8 Å². The van der Waals surface area contributed by atoms with Crippen molar-refractivity contribution >= 4 is 51.2 Å². The Morgan fingerprint density at radius 1 is 1.10 bits per heavy atom. The molecule has 158 valence electrons. The lowest BCUT2D eigenvalue weighted by atomic mass is 10.1. The summed E-state index contributed by atoms with van der Waals surface area (Å²) < 4.78 is 5.51. The van der Waals surface area contributed by atoms with Crippen LogP contribution in [0.15, 0.2) is 70.2 Å². The number of aromatic hydroxyl groups is 1. The molecule has 3 aromatic rings. The summed E-state index contributed by atoms with van der Waals surface area (Å²) in [6.07, 6.45) is 1.42. The summed E-state index contributed by atoms with van der Waals surface area (Å²) in [5, 5.41) is 16.8. The van der Waals surface area contributed by atoms with Gasteiger partial charge in [-0.15, -0.1) is 0 Å². The van der Waals surface area contributed by atoms with Crippen molar-refractivity contribution in [3.8, 4) is 11.5 Å². The van der Waals surface area contributed by atoms with Crippen LogP contribution in [-0.4, -0.2) is 30.2 Å². The smallest absolute Gasteiger partial charge is 0.271 e. The van der Waals surface area contributed by atoms with Gasteiger partial charge in [-0.3, -0.25) is 9.59 Å². The highest BCUT2D eigenvalue weighted by molar-refractivity contribution is 9.10. The molecule has 2 amide bonds. The molecule has 3 aromatic carbocycles. The van der Waals surface area contributed by atoms with E-state index in [0.29, 0.717) is 31.9 Å². The first kappa shape index (κ1) is 22.3. The van der Waals surface area contributed by atoms with E-state index in [-0.39, 0.29) is 17.4 Å². The van der Waals surface area contributed by atoms with Crippen LogP contribution >= 0.6 is 27.5 Å². The number of methoxy groups -OCH3 is 1. The molecule has 0 spiro atoms. The number of anilines is 1. The van der Waals surface area contributed by atoms with Gasteiger partial charge in [-0.05, 0) is 70.0 Å². The van der Waals surface area contributed by atoms with Gasteiger partial charge in [0.15, 0.2) is 11.5 Å². The largest absolute Gasteiger partial charge is 0.503 e. The van der Waals surface area contributed by atoms with Crippen molar-refractivity contribution in [2.75, 3.05) is 12.4 Å². The van der Waals surface area contributed by atoms with Gasteiger partial charge >= 0.3 is 0 Å². The minimum atomic E-state index is -0.426. The second-order valence-electron chi connectivity index (χ2n) is 6.26. The second kappa shape index (κ2) is 10.1. The van der Waals surface area contributed by atoms with Gasteiger partial charge in [-0.1, -0.05) is 23.7 Å². The number of phenolic OH excluding ortho intramolecular Hbond substituents is 1. The number of carbonyl (C=O) groups excluding carboxylic acids is 2. The molecule has 0 aliphatic carbocycles. The Labute approximate surface area is 191 Å². The van der Waals surface area contributed by atoms with E-state index < -0.39 is 5.91 Å². The van der Waals surface area contributed by atoms with Crippen LogP contribution < -0.4 is 15.5 Å². The fourth-order valence-corrected chi connectivity index (χ4v) is 3.28. The number of hydrogen-bond acceptors (Lipinski definition) is 5. The fourth-order valence-electron chi connectivity index (χ4n) is 2.60. The predicted octanol–water partition coefficient (Wildman–Crippen LogP) is 4.83. The van der Waals surface area contributed by atoms with Crippen LogP contribution in [0, 0.1) is 0 Å². The van der Waals surface area contributed by atoms with E-state index in [1.165, 1.54) is 13.3 Å². The molecule has 3 rings (SSSR count). The Morgan fingerprint density at radius 3 is 2.48 bits per heavy atom. The number of nitrogens with one attached hydrogen (secondary N) is 2. The SMILES string of the molecule is COc1cc(/C=N\NC(=O)c2ccc(NC(=O)c3ccccc3Cl)cc2)cc(Br)c1O. The molecule has 0 unspecified atom stereocenters. The molecule has 0 bridgehead atoms. The molecule has 0 heterocycles.